The average Bonchev–Trinajstić information content (AvgIpc) is 2.40. The first-order valence-corrected chi connectivity index (χ1v) is 6.76. The molecule has 2 rings (SSSR count). The molecule has 4 heteroatoms. The fourth-order valence-electron chi connectivity index (χ4n) is 2.94. The van der Waals surface area contributed by atoms with Crippen LogP contribution >= 0.6 is 0 Å². The maximum atomic E-state index is 13.2. The molecule has 1 aromatic rings. The highest BCUT2D eigenvalue weighted by Crippen LogP contribution is 2.40. The Bertz CT molecular complexity index is 451. The van der Waals surface area contributed by atoms with Gasteiger partial charge in [-0.2, -0.15) is 0 Å². The molecule has 3 nitrogen and oxygen atoms in total. The van der Waals surface area contributed by atoms with Crippen molar-refractivity contribution in [2.45, 2.75) is 44.4 Å². The summed E-state index contributed by atoms with van der Waals surface area (Å²) in [6.45, 7) is 0. The van der Waals surface area contributed by atoms with Crippen LogP contribution in [0.25, 0.3) is 0 Å². The second-order valence-corrected chi connectivity index (χ2v) is 5.35. The first-order chi connectivity index (χ1) is 9.06. The SMILES string of the molecule is O=C(O)CCC1CCC(c2cc(F)ccc2O)CC1. The van der Waals surface area contributed by atoms with Crippen LogP contribution in [0, 0.1) is 11.7 Å². The first kappa shape index (κ1) is 13.8. The molecule has 0 atom stereocenters. The van der Waals surface area contributed by atoms with Gasteiger partial charge in [-0.1, -0.05) is 0 Å². The zero-order valence-corrected chi connectivity index (χ0v) is 10.8. The normalized spacial score (nSPS) is 23.2. The van der Waals surface area contributed by atoms with Gasteiger partial charge in [0, 0.05) is 6.42 Å². The Hall–Kier alpha value is -1.58. The summed E-state index contributed by atoms with van der Waals surface area (Å²) in [7, 11) is 0. The monoisotopic (exact) mass is 266 g/mol. The molecule has 0 unspecified atom stereocenters. The van der Waals surface area contributed by atoms with Gasteiger partial charge in [0.25, 0.3) is 0 Å². The topological polar surface area (TPSA) is 57.5 Å². The summed E-state index contributed by atoms with van der Waals surface area (Å²) >= 11 is 0. The number of carbonyl (C=O) groups is 1. The molecule has 0 saturated heterocycles. The van der Waals surface area contributed by atoms with Crippen molar-refractivity contribution < 1.29 is 19.4 Å². The number of halogens is 1. The van der Waals surface area contributed by atoms with Crippen LogP contribution in [0.3, 0.4) is 0 Å². The van der Waals surface area contributed by atoms with Crippen LogP contribution in [0.4, 0.5) is 4.39 Å². The van der Waals surface area contributed by atoms with Crippen molar-refractivity contribution in [3.63, 3.8) is 0 Å². The van der Waals surface area contributed by atoms with Crippen molar-refractivity contribution >= 4 is 5.97 Å². The van der Waals surface area contributed by atoms with E-state index in [4.69, 9.17) is 5.11 Å². The highest BCUT2D eigenvalue weighted by atomic mass is 19.1. The third kappa shape index (κ3) is 3.69. The number of phenols is 1. The number of rotatable bonds is 4. The predicted molar refractivity (Wildman–Crippen MR) is 69.6 cm³/mol. The molecule has 0 aromatic heterocycles. The van der Waals surface area contributed by atoms with Crippen molar-refractivity contribution in [1.29, 1.82) is 0 Å². The van der Waals surface area contributed by atoms with Gasteiger partial charge in [0.1, 0.15) is 11.6 Å². The number of benzene rings is 1. The maximum absolute atomic E-state index is 13.2. The fraction of sp³-hybridized carbons (Fsp3) is 0.533. The second kappa shape index (κ2) is 6.04. The Balaban J connectivity index is 1.92. The zero-order chi connectivity index (χ0) is 13.8. The summed E-state index contributed by atoms with van der Waals surface area (Å²) < 4.78 is 13.2. The van der Waals surface area contributed by atoms with Gasteiger partial charge < -0.3 is 10.2 Å². The molecule has 1 saturated carbocycles. The molecule has 0 spiro atoms. The van der Waals surface area contributed by atoms with E-state index >= 15 is 0 Å². The Kier molecular flexibility index (Phi) is 4.40. The molecule has 0 bridgehead atoms. The van der Waals surface area contributed by atoms with E-state index in [9.17, 15) is 14.3 Å². The smallest absolute Gasteiger partial charge is 0.303 e. The third-order valence-corrected chi connectivity index (χ3v) is 4.04. The minimum Gasteiger partial charge on any atom is -0.508 e. The molecule has 2 N–H and O–H groups in total. The molecule has 0 heterocycles. The Morgan fingerprint density at radius 1 is 1.26 bits per heavy atom. The highest BCUT2D eigenvalue weighted by Gasteiger charge is 2.24. The lowest BCUT2D eigenvalue weighted by Gasteiger charge is -2.28. The van der Waals surface area contributed by atoms with Gasteiger partial charge in [-0.15, -0.1) is 0 Å². The number of phenolic OH excluding ortho intramolecular Hbond substituents is 1. The molecular formula is C15H19FO3. The Morgan fingerprint density at radius 2 is 1.95 bits per heavy atom. The Labute approximate surface area is 112 Å². The first-order valence-electron chi connectivity index (χ1n) is 6.76. The van der Waals surface area contributed by atoms with E-state index < -0.39 is 5.97 Å². The molecule has 1 aliphatic carbocycles. The second-order valence-electron chi connectivity index (χ2n) is 5.35. The molecule has 1 aliphatic rings. The lowest BCUT2D eigenvalue weighted by atomic mass is 9.77. The van der Waals surface area contributed by atoms with Crippen LogP contribution in [0.15, 0.2) is 18.2 Å². The van der Waals surface area contributed by atoms with Crippen molar-refractivity contribution in [1.82, 2.24) is 0 Å². The summed E-state index contributed by atoms with van der Waals surface area (Å²) in [4.78, 5) is 10.5. The van der Waals surface area contributed by atoms with Crippen molar-refractivity contribution in [3.8, 4) is 5.75 Å². The fourth-order valence-corrected chi connectivity index (χ4v) is 2.94. The van der Waals surface area contributed by atoms with Gasteiger partial charge in [0.2, 0.25) is 0 Å². The number of aliphatic carboxylic acids is 1. The van der Waals surface area contributed by atoms with E-state index in [0.717, 1.165) is 32.1 Å². The van der Waals surface area contributed by atoms with Crippen molar-refractivity contribution in [3.05, 3.63) is 29.6 Å². The van der Waals surface area contributed by atoms with Gasteiger partial charge in [-0.3, -0.25) is 4.79 Å². The van der Waals surface area contributed by atoms with E-state index in [1.807, 2.05) is 0 Å². The number of carboxylic acids is 1. The van der Waals surface area contributed by atoms with Gasteiger partial charge in [-0.05, 0) is 67.7 Å². The lowest BCUT2D eigenvalue weighted by Crippen LogP contribution is -2.14. The lowest BCUT2D eigenvalue weighted by molar-refractivity contribution is -0.137. The van der Waals surface area contributed by atoms with E-state index in [0.29, 0.717) is 11.5 Å². The van der Waals surface area contributed by atoms with Crippen LogP contribution in [0.2, 0.25) is 0 Å². The van der Waals surface area contributed by atoms with Crippen molar-refractivity contribution in [2.75, 3.05) is 0 Å². The van der Waals surface area contributed by atoms with Gasteiger partial charge in [0.15, 0.2) is 0 Å². The highest BCUT2D eigenvalue weighted by molar-refractivity contribution is 5.66. The van der Waals surface area contributed by atoms with E-state index in [-0.39, 0.29) is 23.9 Å². The summed E-state index contributed by atoms with van der Waals surface area (Å²) in [5.41, 5.74) is 0.691. The number of aromatic hydroxyl groups is 1. The van der Waals surface area contributed by atoms with Gasteiger partial charge in [0.05, 0.1) is 0 Å². The largest absolute Gasteiger partial charge is 0.508 e. The number of hydrogen-bond donors (Lipinski definition) is 2. The maximum Gasteiger partial charge on any atom is 0.303 e. The summed E-state index contributed by atoms with van der Waals surface area (Å²) in [5, 5.41) is 18.5. The van der Waals surface area contributed by atoms with Crippen molar-refractivity contribution in [2.24, 2.45) is 5.92 Å². The van der Waals surface area contributed by atoms with E-state index in [1.54, 1.807) is 0 Å². The van der Waals surface area contributed by atoms with Crippen LogP contribution in [0.5, 0.6) is 5.75 Å². The minimum atomic E-state index is -0.745. The van der Waals surface area contributed by atoms with Crippen LogP contribution in [-0.2, 0) is 4.79 Å². The zero-order valence-electron chi connectivity index (χ0n) is 10.8. The standard InChI is InChI=1S/C15H19FO3/c16-12-6-7-14(17)13(9-12)11-4-1-10(2-5-11)3-8-15(18)19/h6-7,9-11,17H,1-5,8H2,(H,18,19). The third-order valence-electron chi connectivity index (χ3n) is 4.04. The number of hydrogen-bond acceptors (Lipinski definition) is 2. The summed E-state index contributed by atoms with van der Waals surface area (Å²) in [5.74, 6) is -0.263. The predicted octanol–water partition coefficient (Wildman–Crippen LogP) is 3.67. The molecule has 1 aromatic carbocycles. The molecule has 1 fully saturated rings. The molecule has 0 radical (unpaired) electrons. The molecule has 19 heavy (non-hydrogen) atoms. The Morgan fingerprint density at radius 3 is 2.58 bits per heavy atom. The summed E-state index contributed by atoms with van der Waals surface area (Å²) in [6.07, 6.45) is 4.63. The van der Waals surface area contributed by atoms with Gasteiger partial charge in [-0.25, -0.2) is 4.39 Å². The van der Waals surface area contributed by atoms with E-state index in [2.05, 4.69) is 0 Å². The van der Waals surface area contributed by atoms with Crippen LogP contribution < -0.4 is 0 Å². The average molecular weight is 266 g/mol. The molecule has 0 amide bonds. The molecule has 0 aliphatic heterocycles. The molecular weight excluding hydrogens is 247 g/mol. The van der Waals surface area contributed by atoms with E-state index in [1.165, 1.54) is 18.2 Å². The van der Waals surface area contributed by atoms with Crippen LogP contribution in [-0.4, -0.2) is 16.2 Å². The quantitative estimate of drug-likeness (QED) is 0.874. The summed E-state index contributed by atoms with van der Waals surface area (Å²) in [6, 6.07) is 4.08. The number of carboxylic acid groups (broad SMARTS) is 1. The molecule has 104 valence electrons. The minimum absolute atomic E-state index is 0.162. The van der Waals surface area contributed by atoms with Crippen LogP contribution in [0.1, 0.15) is 50.0 Å². The van der Waals surface area contributed by atoms with Gasteiger partial charge >= 0.3 is 5.97 Å².